The van der Waals surface area contributed by atoms with Crippen molar-refractivity contribution < 1.29 is 13.6 Å². The second kappa shape index (κ2) is 9.66. The van der Waals surface area contributed by atoms with E-state index >= 15 is 0 Å². The lowest BCUT2D eigenvalue weighted by Crippen LogP contribution is -2.08. The summed E-state index contributed by atoms with van der Waals surface area (Å²) in [5, 5.41) is 4.50. The summed E-state index contributed by atoms with van der Waals surface area (Å²) >= 11 is 12.4. The molecule has 2 aromatic heterocycles. The molecule has 1 N–H and O–H groups in total. The Morgan fingerprint density at radius 2 is 1.63 bits per heavy atom. The first kappa shape index (κ1) is 22.7. The summed E-state index contributed by atoms with van der Waals surface area (Å²) in [5.41, 5.74) is 2.26. The van der Waals surface area contributed by atoms with E-state index in [1.54, 1.807) is 60.7 Å². The minimum atomic E-state index is -0.485. The lowest BCUT2D eigenvalue weighted by molar-refractivity contribution is -0.111. The number of halogens is 2. The van der Waals surface area contributed by atoms with Crippen LogP contribution in [0.5, 0.6) is 0 Å². The molecule has 0 bridgehead atoms. The van der Waals surface area contributed by atoms with Gasteiger partial charge in [-0.3, -0.25) is 4.79 Å². The van der Waals surface area contributed by atoms with Gasteiger partial charge in [-0.05, 0) is 66.7 Å². The number of para-hydroxylation sites is 1. The number of nitrogens with one attached hydrogen (secondary N) is 1. The number of fused-ring (bicyclic) bond motifs is 1. The Morgan fingerprint density at radius 1 is 0.829 bits per heavy atom. The number of benzene rings is 3. The predicted octanol–water partition coefficient (Wildman–Crippen LogP) is 7.68. The highest BCUT2D eigenvalue weighted by Crippen LogP contribution is 2.30. The van der Waals surface area contributed by atoms with E-state index in [2.05, 4.69) is 5.32 Å². The molecule has 0 aliphatic carbocycles. The monoisotopic (exact) mass is 501 g/mol. The zero-order valence-electron chi connectivity index (χ0n) is 18.1. The molecular formula is C28H17Cl2NO4. The molecular weight excluding hydrogens is 485 g/mol. The summed E-state index contributed by atoms with van der Waals surface area (Å²) in [6.07, 6.45) is 2.94. The van der Waals surface area contributed by atoms with Crippen molar-refractivity contribution in [1.82, 2.24) is 0 Å². The van der Waals surface area contributed by atoms with Crippen LogP contribution in [0.2, 0.25) is 10.0 Å². The minimum Gasteiger partial charge on any atom is -0.457 e. The van der Waals surface area contributed by atoms with Gasteiger partial charge >= 0.3 is 5.63 Å². The first-order valence-electron chi connectivity index (χ1n) is 10.6. The third-order valence-electron chi connectivity index (χ3n) is 5.32. The third-order valence-corrected chi connectivity index (χ3v) is 5.89. The van der Waals surface area contributed by atoms with Crippen LogP contribution in [0.1, 0.15) is 5.76 Å². The summed E-state index contributed by atoms with van der Waals surface area (Å²) < 4.78 is 11.2. The Hall–Kier alpha value is -4.06. The van der Waals surface area contributed by atoms with E-state index in [0.717, 1.165) is 10.9 Å². The van der Waals surface area contributed by atoms with Crippen LogP contribution in [-0.4, -0.2) is 5.91 Å². The van der Waals surface area contributed by atoms with Crippen molar-refractivity contribution in [3.8, 4) is 22.5 Å². The fourth-order valence-corrected chi connectivity index (χ4v) is 4.02. The highest BCUT2D eigenvalue weighted by molar-refractivity contribution is 6.33. The zero-order valence-corrected chi connectivity index (χ0v) is 19.6. The van der Waals surface area contributed by atoms with Gasteiger partial charge in [0.15, 0.2) is 0 Å². The minimum absolute atomic E-state index is 0.313. The van der Waals surface area contributed by atoms with Crippen LogP contribution in [0, 0.1) is 0 Å². The van der Waals surface area contributed by atoms with Gasteiger partial charge in [0.25, 0.3) is 0 Å². The molecule has 0 unspecified atom stereocenters. The van der Waals surface area contributed by atoms with Gasteiger partial charge in [0.1, 0.15) is 17.1 Å². The molecule has 172 valence electrons. The number of hydrogen-bond acceptors (Lipinski definition) is 4. The maximum Gasteiger partial charge on any atom is 0.344 e. The summed E-state index contributed by atoms with van der Waals surface area (Å²) in [7, 11) is 0. The van der Waals surface area contributed by atoms with Gasteiger partial charge in [-0.2, -0.15) is 0 Å². The Kier molecular flexibility index (Phi) is 6.27. The Bertz CT molecular complexity index is 1630. The van der Waals surface area contributed by atoms with E-state index in [0.29, 0.717) is 44.0 Å². The average Bonchev–Trinajstić information content (AvgIpc) is 3.32. The van der Waals surface area contributed by atoms with Crippen molar-refractivity contribution in [3.05, 3.63) is 117 Å². The van der Waals surface area contributed by atoms with Crippen LogP contribution in [0.25, 0.3) is 39.5 Å². The predicted molar refractivity (Wildman–Crippen MR) is 140 cm³/mol. The number of hydrogen-bond donors (Lipinski definition) is 1. The summed E-state index contributed by atoms with van der Waals surface area (Å²) in [6.45, 7) is 0. The van der Waals surface area contributed by atoms with Gasteiger partial charge in [0.05, 0.1) is 10.6 Å². The van der Waals surface area contributed by atoms with Crippen LogP contribution in [0.15, 0.2) is 105 Å². The number of rotatable bonds is 5. The van der Waals surface area contributed by atoms with Crippen LogP contribution < -0.4 is 10.9 Å². The molecule has 0 saturated carbocycles. The topological polar surface area (TPSA) is 72.5 Å². The highest BCUT2D eigenvalue weighted by Gasteiger charge is 2.12. The van der Waals surface area contributed by atoms with E-state index < -0.39 is 5.63 Å². The van der Waals surface area contributed by atoms with Gasteiger partial charge in [-0.1, -0.05) is 47.5 Å². The van der Waals surface area contributed by atoms with Gasteiger partial charge in [0.2, 0.25) is 5.91 Å². The molecule has 7 heteroatoms. The fraction of sp³-hybridized carbons (Fsp3) is 0. The molecule has 0 aliphatic heterocycles. The van der Waals surface area contributed by atoms with E-state index in [4.69, 9.17) is 32.0 Å². The second-order valence-electron chi connectivity index (χ2n) is 7.71. The number of anilines is 1. The summed E-state index contributed by atoms with van der Waals surface area (Å²) in [5.74, 6) is 0.840. The first-order chi connectivity index (χ1) is 17.0. The van der Waals surface area contributed by atoms with Crippen molar-refractivity contribution in [1.29, 1.82) is 0 Å². The fourth-order valence-electron chi connectivity index (χ4n) is 3.61. The maximum atomic E-state index is 12.5. The lowest BCUT2D eigenvalue weighted by Gasteiger charge is -2.08. The Balaban J connectivity index is 1.30. The first-order valence-corrected chi connectivity index (χ1v) is 11.4. The van der Waals surface area contributed by atoms with Crippen molar-refractivity contribution in [2.45, 2.75) is 0 Å². The second-order valence-corrected chi connectivity index (χ2v) is 8.56. The van der Waals surface area contributed by atoms with Gasteiger partial charge in [0, 0.05) is 33.3 Å². The van der Waals surface area contributed by atoms with E-state index in [1.807, 2.05) is 30.3 Å². The normalized spacial score (nSPS) is 11.3. The zero-order chi connectivity index (χ0) is 24.4. The average molecular weight is 502 g/mol. The highest BCUT2D eigenvalue weighted by atomic mass is 35.5. The maximum absolute atomic E-state index is 12.5. The van der Waals surface area contributed by atoms with Crippen LogP contribution in [0.3, 0.4) is 0 Å². The molecule has 2 heterocycles. The standard InChI is InChI=1S/C28H17Cl2NO4/c29-19-7-5-17(6-8-19)26-13-10-21(34-26)11-14-27(32)31-20-9-12-22(24(30)16-20)23-15-18-3-1-2-4-25(18)35-28(23)33/h1-16H,(H,31,32)/b14-11+. The van der Waals surface area contributed by atoms with Crippen LogP contribution in [0.4, 0.5) is 5.69 Å². The summed E-state index contributed by atoms with van der Waals surface area (Å²) in [4.78, 5) is 24.9. The molecule has 0 atom stereocenters. The van der Waals surface area contributed by atoms with Gasteiger partial charge in [-0.15, -0.1) is 0 Å². The quantitative estimate of drug-likeness (QED) is 0.198. The molecule has 1 amide bonds. The van der Waals surface area contributed by atoms with Crippen molar-refractivity contribution >= 4 is 51.8 Å². The molecule has 5 nitrogen and oxygen atoms in total. The third kappa shape index (κ3) is 5.06. The molecule has 0 fully saturated rings. The van der Waals surface area contributed by atoms with Crippen LogP contribution >= 0.6 is 23.2 Å². The molecule has 5 rings (SSSR count). The Labute approximate surface area is 210 Å². The van der Waals surface area contributed by atoms with E-state index in [-0.39, 0.29) is 5.91 Å². The molecule has 0 saturated heterocycles. The molecule has 0 spiro atoms. The largest absolute Gasteiger partial charge is 0.457 e. The van der Waals surface area contributed by atoms with Crippen LogP contribution in [-0.2, 0) is 4.79 Å². The summed E-state index contributed by atoms with van der Waals surface area (Å²) in [6, 6.07) is 24.8. The smallest absolute Gasteiger partial charge is 0.344 e. The molecule has 5 aromatic rings. The van der Waals surface area contributed by atoms with Crippen molar-refractivity contribution in [2.75, 3.05) is 5.32 Å². The number of furan rings is 1. The van der Waals surface area contributed by atoms with Gasteiger partial charge < -0.3 is 14.2 Å². The molecule has 0 aliphatic rings. The van der Waals surface area contributed by atoms with Gasteiger partial charge in [-0.25, -0.2) is 4.79 Å². The SMILES string of the molecule is O=C(/C=C/c1ccc(-c2ccc(Cl)cc2)o1)Nc1ccc(-c2cc3ccccc3oc2=O)c(Cl)c1. The Morgan fingerprint density at radius 3 is 2.43 bits per heavy atom. The molecule has 0 radical (unpaired) electrons. The number of carbonyl (C=O) groups excluding carboxylic acids is 1. The molecule has 3 aromatic carbocycles. The lowest BCUT2D eigenvalue weighted by atomic mass is 10.1. The van der Waals surface area contributed by atoms with Crippen molar-refractivity contribution in [3.63, 3.8) is 0 Å². The number of amides is 1. The molecule has 35 heavy (non-hydrogen) atoms. The van der Waals surface area contributed by atoms with Crippen molar-refractivity contribution in [2.24, 2.45) is 0 Å². The van der Waals surface area contributed by atoms with E-state index in [1.165, 1.54) is 6.08 Å². The number of carbonyl (C=O) groups is 1. The van der Waals surface area contributed by atoms with E-state index in [9.17, 15) is 9.59 Å².